The van der Waals surface area contributed by atoms with Gasteiger partial charge in [0.2, 0.25) is 0 Å². The molecule has 1 aromatic carbocycles. The second kappa shape index (κ2) is 7.57. The summed E-state index contributed by atoms with van der Waals surface area (Å²) in [6, 6.07) is 6.58. The highest BCUT2D eigenvalue weighted by atomic mass is 35.5. The van der Waals surface area contributed by atoms with Crippen LogP contribution < -0.4 is 4.90 Å². The lowest BCUT2D eigenvalue weighted by atomic mass is 10.3. The molecule has 1 fully saturated rings. The Morgan fingerprint density at radius 3 is 2.56 bits per heavy atom. The average molecular weight is 412 g/mol. The monoisotopic (exact) mass is 411 g/mol. The molecular formula is C17H16ClF2N5OS. The Morgan fingerprint density at radius 1 is 1.11 bits per heavy atom. The van der Waals surface area contributed by atoms with Gasteiger partial charge in [0.05, 0.1) is 24.2 Å². The summed E-state index contributed by atoms with van der Waals surface area (Å²) >= 11 is 7.44. The van der Waals surface area contributed by atoms with Gasteiger partial charge in [-0.2, -0.15) is 0 Å². The highest BCUT2D eigenvalue weighted by molar-refractivity contribution is 7.98. The zero-order valence-electron chi connectivity index (χ0n) is 14.4. The fourth-order valence-corrected chi connectivity index (χ4v) is 3.55. The van der Waals surface area contributed by atoms with Crippen molar-refractivity contribution in [2.75, 3.05) is 37.5 Å². The number of aromatic nitrogens is 4. The Labute approximate surface area is 163 Å². The van der Waals surface area contributed by atoms with Crippen molar-refractivity contribution >= 4 is 40.2 Å². The van der Waals surface area contributed by atoms with E-state index in [1.807, 2.05) is 6.26 Å². The Kier molecular flexibility index (Phi) is 5.16. The quantitative estimate of drug-likeness (QED) is 0.478. The lowest BCUT2D eigenvalue weighted by Gasteiger charge is -2.28. The molecule has 4 rings (SSSR count). The standard InChI is InChI=1S/C17H16ClF2N5OS/c1-27-17-22-13(24-4-6-26-7-5-24)9-14(23-17)25-12-8-10(18)2-3-11(12)21-16(25)15(19)20/h2-3,8-9,15H,4-7H2,1H3. The zero-order valence-corrected chi connectivity index (χ0v) is 16.0. The van der Waals surface area contributed by atoms with Gasteiger partial charge in [-0.3, -0.25) is 4.57 Å². The van der Waals surface area contributed by atoms with Gasteiger partial charge in [0, 0.05) is 24.2 Å². The van der Waals surface area contributed by atoms with Crippen LogP contribution in [0.25, 0.3) is 16.9 Å². The van der Waals surface area contributed by atoms with Crippen LogP contribution in [0.3, 0.4) is 0 Å². The normalized spacial score (nSPS) is 15.1. The summed E-state index contributed by atoms with van der Waals surface area (Å²) in [5, 5.41) is 0.940. The number of alkyl halides is 2. The highest BCUT2D eigenvalue weighted by Crippen LogP contribution is 2.30. The summed E-state index contributed by atoms with van der Waals surface area (Å²) in [6.45, 7) is 2.56. The molecule has 0 saturated carbocycles. The summed E-state index contributed by atoms with van der Waals surface area (Å²) in [5.41, 5.74) is 0.920. The summed E-state index contributed by atoms with van der Waals surface area (Å²) in [5.74, 6) is 0.651. The van der Waals surface area contributed by atoms with Crippen LogP contribution in [-0.4, -0.2) is 52.1 Å². The third-order valence-electron chi connectivity index (χ3n) is 4.26. The smallest absolute Gasteiger partial charge is 0.296 e. The van der Waals surface area contributed by atoms with E-state index >= 15 is 0 Å². The van der Waals surface area contributed by atoms with Crippen molar-refractivity contribution in [2.24, 2.45) is 0 Å². The van der Waals surface area contributed by atoms with Crippen molar-refractivity contribution in [2.45, 2.75) is 11.6 Å². The van der Waals surface area contributed by atoms with E-state index in [-0.39, 0.29) is 5.82 Å². The Bertz CT molecular complexity index is 977. The molecule has 6 nitrogen and oxygen atoms in total. The maximum absolute atomic E-state index is 13.7. The number of morpholine rings is 1. The molecule has 2 aromatic heterocycles. The topological polar surface area (TPSA) is 56.1 Å². The van der Waals surface area contributed by atoms with E-state index in [0.29, 0.717) is 59.2 Å². The molecule has 0 spiro atoms. The molecule has 0 N–H and O–H groups in total. The molecule has 3 aromatic rings. The van der Waals surface area contributed by atoms with Gasteiger partial charge >= 0.3 is 0 Å². The molecule has 0 amide bonds. The van der Waals surface area contributed by atoms with Crippen LogP contribution in [0.5, 0.6) is 0 Å². The molecule has 10 heteroatoms. The maximum atomic E-state index is 13.7. The Hall–Kier alpha value is -1.97. The maximum Gasteiger partial charge on any atom is 0.296 e. The number of imidazole rings is 1. The van der Waals surface area contributed by atoms with Crippen molar-refractivity contribution in [3.05, 3.63) is 35.1 Å². The summed E-state index contributed by atoms with van der Waals surface area (Å²) in [4.78, 5) is 15.1. The van der Waals surface area contributed by atoms with Gasteiger partial charge in [-0.15, -0.1) is 0 Å². The summed E-state index contributed by atoms with van der Waals surface area (Å²) < 4.78 is 34.1. The fraction of sp³-hybridized carbons (Fsp3) is 0.353. The molecule has 27 heavy (non-hydrogen) atoms. The second-order valence-corrected chi connectivity index (χ2v) is 7.12. The number of hydrogen-bond acceptors (Lipinski definition) is 6. The minimum Gasteiger partial charge on any atom is -0.378 e. The molecule has 3 heterocycles. The minimum atomic E-state index is -2.75. The fourth-order valence-electron chi connectivity index (χ4n) is 3.02. The zero-order chi connectivity index (χ0) is 19.0. The molecule has 1 aliphatic rings. The van der Waals surface area contributed by atoms with Crippen LogP contribution in [0, 0.1) is 0 Å². The number of hydrogen-bond donors (Lipinski definition) is 0. The summed E-state index contributed by atoms with van der Waals surface area (Å²) in [7, 11) is 0. The number of nitrogens with zero attached hydrogens (tertiary/aromatic N) is 5. The van der Waals surface area contributed by atoms with E-state index in [1.165, 1.54) is 16.3 Å². The molecule has 0 atom stereocenters. The number of benzene rings is 1. The highest BCUT2D eigenvalue weighted by Gasteiger charge is 2.23. The van der Waals surface area contributed by atoms with E-state index in [2.05, 4.69) is 19.9 Å². The Morgan fingerprint density at radius 2 is 1.85 bits per heavy atom. The van der Waals surface area contributed by atoms with Gasteiger partial charge in [-0.25, -0.2) is 23.7 Å². The van der Waals surface area contributed by atoms with Crippen molar-refractivity contribution in [1.82, 2.24) is 19.5 Å². The van der Waals surface area contributed by atoms with Gasteiger partial charge in [-0.05, 0) is 24.5 Å². The van der Waals surface area contributed by atoms with Crippen LogP contribution in [0.2, 0.25) is 5.02 Å². The Balaban J connectivity index is 1.92. The number of anilines is 1. The largest absolute Gasteiger partial charge is 0.378 e. The molecule has 0 bridgehead atoms. The molecule has 1 aliphatic heterocycles. The van der Waals surface area contributed by atoms with Crippen molar-refractivity contribution in [3.63, 3.8) is 0 Å². The second-order valence-electron chi connectivity index (χ2n) is 5.91. The van der Waals surface area contributed by atoms with E-state index in [1.54, 1.807) is 24.3 Å². The number of halogens is 3. The van der Waals surface area contributed by atoms with Crippen molar-refractivity contribution in [3.8, 4) is 5.82 Å². The van der Waals surface area contributed by atoms with Crippen LogP contribution in [0.4, 0.5) is 14.6 Å². The first-order valence-corrected chi connectivity index (χ1v) is 9.89. The predicted octanol–water partition coefficient (Wildman–Crippen LogP) is 3.97. The minimum absolute atomic E-state index is 0.343. The first-order chi connectivity index (χ1) is 13.1. The SMILES string of the molecule is CSc1nc(N2CCOCC2)cc(-n2c(C(F)F)nc3ccc(Cl)cc32)n1. The summed E-state index contributed by atoms with van der Waals surface area (Å²) in [6.07, 6.45) is -0.908. The van der Waals surface area contributed by atoms with E-state index in [9.17, 15) is 8.78 Å². The van der Waals surface area contributed by atoms with Gasteiger partial charge in [0.25, 0.3) is 6.43 Å². The lowest BCUT2D eigenvalue weighted by Crippen LogP contribution is -2.37. The molecule has 0 radical (unpaired) electrons. The molecular weight excluding hydrogens is 396 g/mol. The van der Waals surface area contributed by atoms with E-state index in [4.69, 9.17) is 16.3 Å². The van der Waals surface area contributed by atoms with Crippen molar-refractivity contribution in [1.29, 1.82) is 0 Å². The number of fused-ring (bicyclic) bond motifs is 1. The first kappa shape index (κ1) is 18.4. The van der Waals surface area contributed by atoms with Gasteiger partial charge in [0.1, 0.15) is 11.6 Å². The van der Waals surface area contributed by atoms with Crippen LogP contribution in [-0.2, 0) is 4.74 Å². The van der Waals surface area contributed by atoms with Gasteiger partial charge < -0.3 is 9.64 Å². The van der Waals surface area contributed by atoms with E-state index < -0.39 is 6.43 Å². The lowest BCUT2D eigenvalue weighted by molar-refractivity contribution is 0.122. The third-order valence-corrected chi connectivity index (χ3v) is 5.05. The van der Waals surface area contributed by atoms with Crippen LogP contribution >= 0.6 is 23.4 Å². The average Bonchev–Trinajstić information content (AvgIpc) is 3.07. The molecule has 0 aliphatic carbocycles. The van der Waals surface area contributed by atoms with Crippen LogP contribution in [0.1, 0.15) is 12.2 Å². The van der Waals surface area contributed by atoms with E-state index in [0.717, 1.165) is 0 Å². The predicted molar refractivity (Wildman–Crippen MR) is 101 cm³/mol. The van der Waals surface area contributed by atoms with Crippen LogP contribution in [0.15, 0.2) is 29.4 Å². The first-order valence-electron chi connectivity index (χ1n) is 8.29. The molecule has 142 valence electrons. The molecule has 1 saturated heterocycles. The number of rotatable bonds is 4. The number of thioether (sulfide) groups is 1. The van der Waals surface area contributed by atoms with Gasteiger partial charge in [0.15, 0.2) is 11.0 Å². The third kappa shape index (κ3) is 3.59. The number of ether oxygens (including phenoxy) is 1. The molecule has 0 unspecified atom stereocenters. The van der Waals surface area contributed by atoms with Gasteiger partial charge in [-0.1, -0.05) is 23.4 Å². The van der Waals surface area contributed by atoms with Crippen molar-refractivity contribution < 1.29 is 13.5 Å².